The molecular weight excluding hydrogens is 362 g/mol. The molecule has 0 amide bonds. The molecule has 1 aliphatic rings. The van der Waals surface area contributed by atoms with E-state index in [1.807, 2.05) is 13.8 Å². The lowest BCUT2D eigenvalue weighted by Crippen LogP contribution is -2.28. The van der Waals surface area contributed by atoms with Crippen molar-refractivity contribution in [2.75, 3.05) is 13.1 Å². The van der Waals surface area contributed by atoms with Gasteiger partial charge in [0.25, 0.3) is 0 Å². The lowest BCUT2D eigenvalue weighted by atomic mass is 9.93. The maximum atomic E-state index is 4.30. The van der Waals surface area contributed by atoms with Crippen molar-refractivity contribution < 1.29 is 0 Å². The maximum absolute atomic E-state index is 4.30. The van der Waals surface area contributed by atoms with Gasteiger partial charge in [0.05, 0.1) is 0 Å². The average molecular weight is 408 g/mol. The second kappa shape index (κ2) is 14.2. The van der Waals surface area contributed by atoms with Gasteiger partial charge in [0, 0.05) is 13.1 Å². The highest BCUT2D eigenvalue weighted by Crippen LogP contribution is 2.25. The number of aryl methyl sites for hydroxylation is 1. The normalized spacial score (nSPS) is 14.2. The van der Waals surface area contributed by atoms with Gasteiger partial charge in [-0.15, -0.1) is 0 Å². The number of allylic oxidation sites excluding steroid dienone is 5. The maximum Gasteiger partial charge on any atom is 0.0239 e. The Balaban J connectivity index is 0.00000218. The van der Waals surface area contributed by atoms with Gasteiger partial charge in [-0.05, 0) is 74.3 Å². The van der Waals surface area contributed by atoms with E-state index < -0.39 is 0 Å². The van der Waals surface area contributed by atoms with Crippen molar-refractivity contribution in [3.8, 4) is 0 Å². The van der Waals surface area contributed by atoms with E-state index in [9.17, 15) is 0 Å². The molecule has 0 radical (unpaired) electrons. The summed E-state index contributed by atoms with van der Waals surface area (Å²) in [5.74, 6) is 0.715. The van der Waals surface area contributed by atoms with Crippen LogP contribution in [0.3, 0.4) is 0 Å². The summed E-state index contributed by atoms with van der Waals surface area (Å²) in [6, 6.07) is 8.77. The van der Waals surface area contributed by atoms with Gasteiger partial charge in [-0.25, -0.2) is 0 Å². The van der Waals surface area contributed by atoms with Crippen molar-refractivity contribution in [1.82, 2.24) is 4.90 Å². The Morgan fingerprint density at radius 1 is 1.20 bits per heavy atom. The van der Waals surface area contributed by atoms with Crippen LogP contribution >= 0.6 is 0 Å². The summed E-state index contributed by atoms with van der Waals surface area (Å²) < 4.78 is 0. The molecule has 1 aromatic rings. The summed E-state index contributed by atoms with van der Waals surface area (Å²) in [6.45, 7) is 22.7. The molecule has 0 fully saturated rings. The third-order valence-corrected chi connectivity index (χ3v) is 5.69. The van der Waals surface area contributed by atoms with E-state index in [0.717, 1.165) is 26.1 Å². The van der Waals surface area contributed by atoms with Gasteiger partial charge in [-0.1, -0.05) is 94.8 Å². The fraction of sp³-hybridized carbons (Fsp3) is 0.517. The summed E-state index contributed by atoms with van der Waals surface area (Å²) in [6.07, 6.45) is 11.8. The summed E-state index contributed by atoms with van der Waals surface area (Å²) >= 11 is 0. The van der Waals surface area contributed by atoms with E-state index in [1.54, 1.807) is 5.57 Å². The zero-order chi connectivity index (χ0) is 22.5. The van der Waals surface area contributed by atoms with Crippen molar-refractivity contribution in [2.24, 2.45) is 5.92 Å². The average Bonchev–Trinajstić information content (AvgIpc) is 2.74. The predicted molar refractivity (Wildman–Crippen MR) is 136 cm³/mol. The molecule has 0 bridgehead atoms. The van der Waals surface area contributed by atoms with Crippen LogP contribution in [0.4, 0.5) is 0 Å². The Bertz CT molecular complexity index is 745. The van der Waals surface area contributed by atoms with E-state index in [2.05, 4.69) is 88.6 Å². The standard InChI is InChI=1S/C27H39N.C2H6/c1-7-24-13-10-11-14-25(24)18-27(22(4)5)20-28(17-16-21(2)3)19-26-15-9-8-12-23(26)6;1-2/h8-9,11-12,14-15,18,21H,4,7,10,13,16-17,19-20H2,1-3,5-6H3;1-2H3/b27-18+;. The van der Waals surface area contributed by atoms with E-state index in [-0.39, 0.29) is 0 Å². The van der Waals surface area contributed by atoms with Gasteiger partial charge in [0.1, 0.15) is 0 Å². The number of hydrogen-bond acceptors (Lipinski definition) is 1. The van der Waals surface area contributed by atoms with Crippen LogP contribution in [0.5, 0.6) is 0 Å². The summed E-state index contributed by atoms with van der Waals surface area (Å²) in [7, 11) is 0. The molecule has 0 spiro atoms. The minimum Gasteiger partial charge on any atom is -0.295 e. The Kier molecular flexibility index (Phi) is 12.4. The molecule has 0 saturated heterocycles. The van der Waals surface area contributed by atoms with Gasteiger partial charge < -0.3 is 0 Å². The fourth-order valence-electron chi connectivity index (χ4n) is 3.68. The molecule has 0 aliphatic heterocycles. The first kappa shape index (κ1) is 26.2. The van der Waals surface area contributed by atoms with Crippen molar-refractivity contribution in [2.45, 2.75) is 80.7 Å². The molecule has 1 nitrogen and oxygen atoms in total. The van der Waals surface area contributed by atoms with Crippen LogP contribution in [0.2, 0.25) is 0 Å². The predicted octanol–water partition coefficient (Wildman–Crippen LogP) is 8.43. The molecular formula is C29H45N. The molecule has 30 heavy (non-hydrogen) atoms. The molecule has 1 heteroatoms. The van der Waals surface area contributed by atoms with Crippen molar-refractivity contribution in [1.29, 1.82) is 0 Å². The largest absolute Gasteiger partial charge is 0.295 e. The zero-order valence-electron chi connectivity index (χ0n) is 20.7. The summed E-state index contributed by atoms with van der Waals surface area (Å²) in [4.78, 5) is 2.60. The van der Waals surface area contributed by atoms with Crippen LogP contribution < -0.4 is 0 Å². The zero-order valence-corrected chi connectivity index (χ0v) is 20.7. The number of rotatable bonds is 10. The molecule has 0 atom stereocenters. The lowest BCUT2D eigenvalue weighted by molar-refractivity contribution is 0.270. The highest BCUT2D eigenvalue weighted by molar-refractivity contribution is 5.44. The van der Waals surface area contributed by atoms with Crippen LogP contribution in [0.1, 0.15) is 78.4 Å². The van der Waals surface area contributed by atoms with Crippen molar-refractivity contribution >= 4 is 0 Å². The SMILES string of the molecule is C=C(C)/C(=C/C1=C(CC)CCC=C1)CN(CCC(C)C)Cc1ccccc1C.CC. The third-order valence-electron chi connectivity index (χ3n) is 5.69. The van der Waals surface area contributed by atoms with Crippen LogP contribution in [-0.4, -0.2) is 18.0 Å². The molecule has 0 N–H and O–H groups in total. The van der Waals surface area contributed by atoms with Crippen molar-refractivity contribution in [3.63, 3.8) is 0 Å². The lowest BCUT2D eigenvalue weighted by Gasteiger charge is -2.26. The number of benzene rings is 1. The Hall–Kier alpha value is -1.86. The molecule has 166 valence electrons. The monoisotopic (exact) mass is 407 g/mol. The Labute approximate surface area is 187 Å². The quantitative estimate of drug-likeness (QED) is 0.352. The second-order valence-corrected chi connectivity index (χ2v) is 8.62. The van der Waals surface area contributed by atoms with E-state index in [1.165, 1.54) is 47.1 Å². The smallest absolute Gasteiger partial charge is 0.0239 e. The van der Waals surface area contributed by atoms with E-state index in [0.29, 0.717) is 5.92 Å². The molecule has 0 unspecified atom stereocenters. The van der Waals surface area contributed by atoms with Crippen LogP contribution in [0, 0.1) is 12.8 Å². The molecule has 1 aliphatic carbocycles. The first-order valence-corrected chi connectivity index (χ1v) is 11.9. The van der Waals surface area contributed by atoms with Gasteiger partial charge >= 0.3 is 0 Å². The molecule has 0 saturated carbocycles. The highest BCUT2D eigenvalue weighted by atomic mass is 15.1. The number of hydrogen-bond donors (Lipinski definition) is 0. The van der Waals surface area contributed by atoms with Gasteiger partial charge in [0.2, 0.25) is 0 Å². The minimum absolute atomic E-state index is 0.715. The highest BCUT2D eigenvalue weighted by Gasteiger charge is 2.13. The molecule has 1 aromatic carbocycles. The minimum atomic E-state index is 0.715. The summed E-state index contributed by atoms with van der Waals surface area (Å²) in [5.41, 5.74) is 8.34. The second-order valence-electron chi connectivity index (χ2n) is 8.62. The van der Waals surface area contributed by atoms with Crippen LogP contribution in [-0.2, 0) is 6.54 Å². The first-order chi connectivity index (χ1) is 14.4. The molecule has 2 rings (SSSR count). The van der Waals surface area contributed by atoms with E-state index >= 15 is 0 Å². The van der Waals surface area contributed by atoms with Crippen molar-refractivity contribution in [3.05, 3.63) is 82.5 Å². The van der Waals surface area contributed by atoms with Crippen LogP contribution in [0.25, 0.3) is 0 Å². The number of nitrogens with zero attached hydrogens (tertiary/aromatic N) is 1. The Morgan fingerprint density at radius 3 is 2.50 bits per heavy atom. The van der Waals surface area contributed by atoms with Gasteiger partial charge in [-0.3, -0.25) is 4.90 Å². The molecule has 0 heterocycles. The Morgan fingerprint density at radius 2 is 1.90 bits per heavy atom. The first-order valence-electron chi connectivity index (χ1n) is 11.9. The van der Waals surface area contributed by atoms with Gasteiger partial charge in [-0.2, -0.15) is 0 Å². The topological polar surface area (TPSA) is 3.24 Å². The molecule has 0 aromatic heterocycles. The summed E-state index contributed by atoms with van der Waals surface area (Å²) in [5, 5.41) is 0. The fourth-order valence-corrected chi connectivity index (χ4v) is 3.68. The van der Waals surface area contributed by atoms with E-state index in [4.69, 9.17) is 0 Å². The third kappa shape index (κ3) is 8.88. The van der Waals surface area contributed by atoms with Crippen LogP contribution in [0.15, 0.2) is 71.4 Å². The van der Waals surface area contributed by atoms with Gasteiger partial charge in [0.15, 0.2) is 0 Å².